The summed E-state index contributed by atoms with van der Waals surface area (Å²) in [5.74, 6) is 0.192. The van der Waals surface area contributed by atoms with E-state index in [0.29, 0.717) is 13.1 Å². The lowest BCUT2D eigenvalue weighted by Gasteiger charge is -2.22. The molecule has 25 heavy (non-hydrogen) atoms. The molecule has 2 heterocycles. The summed E-state index contributed by atoms with van der Waals surface area (Å²) >= 11 is 1.62. The Morgan fingerprint density at radius 2 is 2.08 bits per heavy atom. The lowest BCUT2D eigenvalue weighted by atomic mass is 10.1. The fraction of sp³-hybridized carbons (Fsp3) is 0.316. The number of aromatic nitrogens is 3. The summed E-state index contributed by atoms with van der Waals surface area (Å²) in [5, 5.41) is 7.27. The van der Waals surface area contributed by atoms with Gasteiger partial charge in [-0.3, -0.25) is 9.48 Å². The number of thiazole rings is 1. The highest BCUT2D eigenvalue weighted by atomic mass is 32.1. The Hall–Kier alpha value is -2.47. The van der Waals surface area contributed by atoms with E-state index in [-0.39, 0.29) is 11.3 Å². The monoisotopic (exact) mass is 352 g/mol. The van der Waals surface area contributed by atoms with Crippen molar-refractivity contribution in [1.82, 2.24) is 19.7 Å². The molecule has 0 atom stereocenters. The third-order valence-corrected chi connectivity index (χ3v) is 5.59. The smallest absolute Gasteiger partial charge is 0.230 e. The van der Waals surface area contributed by atoms with E-state index in [0.717, 1.165) is 29.1 Å². The molecule has 0 bridgehead atoms. The van der Waals surface area contributed by atoms with Gasteiger partial charge < -0.3 is 4.90 Å². The maximum atomic E-state index is 12.9. The largest absolute Gasteiger partial charge is 0.339 e. The Bertz CT molecular complexity index is 853. The van der Waals surface area contributed by atoms with Crippen molar-refractivity contribution in [3.63, 3.8) is 0 Å². The van der Waals surface area contributed by atoms with E-state index in [4.69, 9.17) is 0 Å². The highest BCUT2D eigenvalue weighted by Gasteiger charge is 2.51. The molecule has 1 fully saturated rings. The Morgan fingerprint density at radius 1 is 1.28 bits per heavy atom. The highest BCUT2D eigenvalue weighted by molar-refractivity contribution is 7.13. The molecule has 4 rings (SSSR count). The summed E-state index contributed by atoms with van der Waals surface area (Å²) in [4.78, 5) is 19.4. The maximum Gasteiger partial charge on any atom is 0.230 e. The Balaban J connectivity index is 1.43. The van der Waals surface area contributed by atoms with Crippen LogP contribution in [-0.2, 0) is 17.9 Å². The highest BCUT2D eigenvalue weighted by Crippen LogP contribution is 2.48. The number of hydrogen-bond acceptors (Lipinski definition) is 4. The first kappa shape index (κ1) is 16.0. The van der Waals surface area contributed by atoms with Crippen LogP contribution in [0.3, 0.4) is 0 Å². The molecule has 1 aromatic carbocycles. The summed E-state index contributed by atoms with van der Waals surface area (Å²) in [6, 6.07) is 12.0. The van der Waals surface area contributed by atoms with Gasteiger partial charge in [0.1, 0.15) is 5.01 Å². The average molecular weight is 352 g/mol. The van der Waals surface area contributed by atoms with Gasteiger partial charge in [0.05, 0.1) is 24.2 Å². The minimum absolute atomic E-state index is 0.192. The number of carbonyl (C=O) groups excluding carboxylic acids is 1. The van der Waals surface area contributed by atoms with Gasteiger partial charge in [-0.15, -0.1) is 11.3 Å². The molecule has 0 radical (unpaired) electrons. The summed E-state index contributed by atoms with van der Waals surface area (Å²) in [6.07, 6.45) is 5.54. The zero-order valence-electron chi connectivity index (χ0n) is 14.1. The first-order valence-corrected chi connectivity index (χ1v) is 9.27. The van der Waals surface area contributed by atoms with Gasteiger partial charge in [0.25, 0.3) is 0 Å². The normalized spacial score (nSPS) is 15.1. The van der Waals surface area contributed by atoms with Gasteiger partial charge in [0.2, 0.25) is 5.91 Å². The molecular formula is C19H20N4OS. The summed E-state index contributed by atoms with van der Waals surface area (Å²) < 4.78 is 1.86. The van der Waals surface area contributed by atoms with Crippen LogP contribution < -0.4 is 0 Å². The molecule has 1 saturated carbocycles. The quantitative estimate of drug-likeness (QED) is 0.683. The predicted octanol–water partition coefficient (Wildman–Crippen LogP) is 3.45. The molecule has 128 valence electrons. The zero-order valence-corrected chi connectivity index (χ0v) is 14.9. The second kappa shape index (κ2) is 6.44. The van der Waals surface area contributed by atoms with Crippen molar-refractivity contribution in [3.05, 3.63) is 59.9 Å². The van der Waals surface area contributed by atoms with Gasteiger partial charge in [-0.05, 0) is 18.9 Å². The van der Waals surface area contributed by atoms with Crippen molar-refractivity contribution in [1.29, 1.82) is 0 Å². The molecule has 0 aliphatic heterocycles. The molecule has 0 spiro atoms. The topological polar surface area (TPSA) is 51.0 Å². The molecule has 1 aliphatic rings. The van der Waals surface area contributed by atoms with E-state index >= 15 is 0 Å². The van der Waals surface area contributed by atoms with Gasteiger partial charge in [-0.2, -0.15) is 5.10 Å². The van der Waals surface area contributed by atoms with Gasteiger partial charge in [0.15, 0.2) is 0 Å². The number of rotatable bonds is 6. The number of benzene rings is 1. The fourth-order valence-corrected chi connectivity index (χ4v) is 3.92. The van der Waals surface area contributed by atoms with Gasteiger partial charge in [0, 0.05) is 30.4 Å². The van der Waals surface area contributed by atoms with E-state index in [1.54, 1.807) is 22.4 Å². The van der Waals surface area contributed by atoms with Gasteiger partial charge >= 0.3 is 0 Å². The molecule has 6 heteroatoms. The summed E-state index contributed by atoms with van der Waals surface area (Å²) in [7, 11) is 1.87. The Labute approximate surface area is 150 Å². The number of amides is 1. The Kier molecular flexibility index (Phi) is 4.13. The van der Waals surface area contributed by atoms with Crippen LogP contribution in [0.25, 0.3) is 10.6 Å². The first-order valence-electron chi connectivity index (χ1n) is 8.39. The van der Waals surface area contributed by atoms with E-state index in [1.165, 1.54) is 0 Å². The second-order valence-corrected chi connectivity index (χ2v) is 7.51. The molecule has 1 aliphatic carbocycles. The second-order valence-electron chi connectivity index (χ2n) is 6.66. The molecule has 0 saturated heterocycles. The van der Waals surface area contributed by atoms with Crippen molar-refractivity contribution in [2.75, 3.05) is 7.05 Å². The average Bonchev–Trinajstić information content (AvgIpc) is 3.02. The number of carbonyl (C=O) groups is 1. The third kappa shape index (κ3) is 3.35. The summed E-state index contributed by atoms with van der Waals surface area (Å²) in [5.41, 5.74) is 1.78. The van der Waals surface area contributed by atoms with Crippen LogP contribution in [0.1, 0.15) is 18.5 Å². The molecule has 5 nitrogen and oxygen atoms in total. The van der Waals surface area contributed by atoms with Crippen LogP contribution >= 0.6 is 11.3 Å². The van der Waals surface area contributed by atoms with E-state index in [9.17, 15) is 4.79 Å². The molecule has 0 unspecified atom stereocenters. The van der Waals surface area contributed by atoms with Crippen LogP contribution in [0.4, 0.5) is 0 Å². The van der Waals surface area contributed by atoms with E-state index in [1.807, 2.05) is 47.6 Å². The number of nitrogens with zero attached hydrogens (tertiary/aromatic N) is 4. The molecule has 1 amide bonds. The lowest BCUT2D eigenvalue weighted by molar-refractivity contribution is -0.136. The first-order chi connectivity index (χ1) is 12.2. The van der Waals surface area contributed by atoms with Crippen LogP contribution in [-0.4, -0.2) is 32.6 Å². The molecule has 2 aromatic heterocycles. The van der Waals surface area contributed by atoms with Crippen molar-refractivity contribution >= 4 is 17.2 Å². The number of hydrogen-bond donors (Lipinski definition) is 0. The minimum atomic E-state index is -0.279. The van der Waals surface area contributed by atoms with Gasteiger partial charge in [-0.1, -0.05) is 30.3 Å². The van der Waals surface area contributed by atoms with Crippen molar-refractivity contribution < 1.29 is 4.79 Å². The molecular weight excluding hydrogens is 332 g/mol. The van der Waals surface area contributed by atoms with Crippen LogP contribution in [0, 0.1) is 5.41 Å². The van der Waals surface area contributed by atoms with E-state index in [2.05, 4.69) is 22.2 Å². The fourth-order valence-electron chi connectivity index (χ4n) is 3.11. The lowest BCUT2D eigenvalue weighted by Crippen LogP contribution is -2.36. The summed E-state index contributed by atoms with van der Waals surface area (Å²) in [6.45, 7) is 1.21. The van der Waals surface area contributed by atoms with Gasteiger partial charge in [-0.25, -0.2) is 4.98 Å². The zero-order chi connectivity index (χ0) is 17.3. The SMILES string of the molecule is CN(Cc1csc(-c2ccccc2)n1)C(=O)C1(Cn2cccn2)CC1. The van der Waals surface area contributed by atoms with Crippen molar-refractivity contribution in [2.24, 2.45) is 5.41 Å². The standard InChI is InChI=1S/C19H20N4OS/c1-22(18(24)19(8-9-19)14-23-11-5-10-20-23)12-16-13-25-17(21-16)15-6-3-2-4-7-15/h2-7,10-11,13H,8-9,12,14H2,1H3. The maximum absolute atomic E-state index is 12.9. The molecule has 0 N–H and O–H groups in total. The van der Waals surface area contributed by atoms with E-state index < -0.39 is 0 Å². The minimum Gasteiger partial charge on any atom is -0.339 e. The predicted molar refractivity (Wildman–Crippen MR) is 97.9 cm³/mol. The van der Waals surface area contributed by atoms with Crippen LogP contribution in [0.15, 0.2) is 54.2 Å². The van der Waals surface area contributed by atoms with Crippen molar-refractivity contribution in [2.45, 2.75) is 25.9 Å². The van der Waals surface area contributed by atoms with Crippen LogP contribution in [0.2, 0.25) is 0 Å². The Morgan fingerprint density at radius 3 is 2.76 bits per heavy atom. The van der Waals surface area contributed by atoms with Crippen LogP contribution in [0.5, 0.6) is 0 Å². The van der Waals surface area contributed by atoms with Crippen molar-refractivity contribution in [3.8, 4) is 10.6 Å². The third-order valence-electron chi connectivity index (χ3n) is 4.65. The molecule has 3 aromatic rings.